The van der Waals surface area contributed by atoms with Crippen LogP contribution in [-0.2, 0) is 4.79 Å². The molecule has 2 aliphatic heterocycles. The summed E-state index contributed by atoms with van der Waals surface area (Å²) in [5, 5.41) is 12.6. The van der Waals surface area contributed by atoms with Gasteiger partial charge in [0.2, 0.25) is 0 Å². The molecular weight excluding hydrogens is 296 g/mol. The molecule has 5 nitrogen and oxygen atoms in total. The predicted molar refractivity (Wildman–Crippen MR) is 83.3 cm³/mol. The van der Waals surface area contributed by atoms with Crippen LogP contribution in [0.1, 0.15) is 32.6 Å². The maximum Gasteiger partial charge on any atom is 0.327 e. The number of nitrogens with zero attached hydrogens (tertiary/aromatic N) is 1. The number of carboxylic acid groups (broad SMARTS) is 1. The fourth-order valence-corrected chi connectivity index (χ4v) is 5.19. The summed E-state index contributed by atoms with van der Waals surface area (Å²) in [7, 11) is 0. The summed E-state index contributed by atoms with van der Waals surface area (Å²) in [4.78, 5) is 25.1. The number of carbonyl (C=O) groups is 2. The summed E-state index contributed by atoms with van der Waals surface area (Å²) >= 11 is 3.46. The van der Waals surface area contributed by atoms with Crippen molar-refractivity contribution in [1.29, 1.82) is 0 Å². The maximum absolute atomic E-state index is 12.3. The molecule has 114 valence electrons. The van der Waals surface area contributed by atoms with E-state index in [0.29, 0.717) is 17.5 Å². The summed E-state index contributed by atoms with van der Waals surface area (Å²) in [5.74, 6) is 0.741. The van der Waals surface area contributed by atoms with E-state index in [2.05, 4.69) is 5.32 Å². The van der Waals surface area contributed by atoms with Crippen molar-refractivity contribution in [2.45, 2.75) is 49.3 Å². The number of aliphatic carboxylic acids is 1. The number of urea groups is 1. The summed E-state index contributed by atoms with van der Waals surface area (Å²) in [6, 6.07) is -0.913. The summed E-state index contributed by atoms with van der Waals surface area (Å²) in [6.45, 7) is 2.63. The monoisotopic (exact) mass is 318 g/mol. The molecule has 20 heavy (non-hydrogen) atoms. The smallest absolute Gasteiger partial charge is 0.327 e. The van der Waals surface area contributed by atoms with Gasteiger partial charge in [0, 0.05) is 17.5 Å². The first kappa shape index (κ1) is 15.8. The van der Waals surface area contributed by atoms with Crippen LogP contribution in [0.15, 0.2) is 0 Å². The lowest BCUT2D eigenvalue weighted by molar-refractivity contribution is -0.141. The number of hydrogen-bond donors (Lipinski definition) is 2. The molecule has 2 aliphatic rings. The largest absolute Gasteiger partial charge is 0.480 e. The molecular formula is C13H22N2O3S2. The van der Waals surface area contributed by atoms with Crippen molar-refractivity contribution in [3.63, 3.8) is 0 Å². The van der Waals surface area contributed by atoms with Gasteiger partial charge in [-0.2, -0.15) is 11.8 Å². The fourth-order valence-electron chi connectivity index (χ4n) is 2.60. The van der Waals surface area contributed by atoms with E-state index < -0.39 is 12.0 Å². The fraction of sp³-hybridized carbons (Fsp3) is 0.846. The van der Waals surface area contributed by atoms with Crippen molar-refractivity contribution < 1.29 is 14.7 Å². The minimum absolute atomic E-state index is 0.0184. The summed E-state index contributed by atoms with van der Waals surface area (Å²) in [5.41, 5.74) is 0. The lowest BCUT2D eigenvalue weighted by atomic mass is 10.2. The molecule has 2 rings (SSSR count). The van der Waals surface area contributed by atoms with Crippen molar-refractivity contribution >= 4 is 35.5 Å². The number of rotatable bonds is 4. The number of hydrogen-bond acceptors (Lipinski definition) is 4. The Morgan fingerprint density at radius 2 is 2.15 bits per heavy atom. The van der Waals surface area contributed by atoms with Crippen LogP contribution >= 0.6 is 23.5 Å². The minimum Gasteiger partial charge on any atom is -0.480 e. The Bertz CT molecular complexity index is 362. The van der Waals surface area contributed by atoms with Crippen LogP contribution in [0.2, 0.25) is 0 Å². The second kappa shape index (κ2) is 7.45. The first-order valence-corrected chi connectivity index (χ1v) is 9.25. The minimum atomic E-state index is -0.907. The highest BCUT2D eigenvalue weighted by Crippen LogP contribution is 2.31. The van der Waals surface area contributed by atoms with Crippen LogP contribution < -0.4 is 5.32 Å². The number of carboxylic acids is 1. The van der Waals surface area contributed by atoms with Gasteiger partial charge in [-0.15, -0.1) is 11.8 Å². The Labute approximate surface area is 128 Å². The lowest BCUT2D eigenvalue weighted by Crippen LogP contribution is -2.51. The zero-order valence-electron chi connectivity index (χ0n) is 11.7. The molecule has 7 heteroatoms. The molecule has 0 spiro atoms. The SMILES string of the molecule is CCC1SCC(C(=O)O)N1C(=O)NCC1CCCCS1. The van der Waals surface area contributed by atoms with Gasteiger partial charge >= 0.3 is 12.0 Å². The van der Waals surface area contributed by atoms with Gasteiger partial charge < -0.3 is 10.4 Å². The molecule has 2 saturated heterocycles. The number of thioether (sulfide) groups is 2. The van der Waals surface area contributed by atoms with Gasteiger partial charge in [0.15, 0.2) is 0 Å². The Hall–Kier alpha value is -0.560. The highest BCUT2D eigenvalue weighted by atomic mass is 32.2. The third kappa shape index (κ3) is 3.75. The van der Waals surface area contributed by atoms with Gasteiger partial charge in [-0.3, -0.25) is 4.90 Å². The van der Waals surface area contributed by atoms with Crippen molar-refractivity contribution in [2.75, 3.05) is 18.1 Å². The second-order valence-corrected chi connectivity index (χ2v) is 7.75. The number of carbonyl (C=O) groups excluding carboxylic acids is 1. The molecule has 3 unspecified atom stereocenters. The second-order valence-electron chi connectivity index (χ2n) is 5.13. The van der Waals surface area contributed by atoms with E-state index in [0.717, 1.165) is 18.6 Å². The van der Waals surface area contributed by atoms with Crippen LogP contribution in [0.5, 0.6) is 0 Å². The van der Waals surface area contributed by atoms with Gasteiger partial charge in [0.1, 0.15) is 6.04 Å². The van der Waals surface area contributed by atoms with E-state index in [1.165, 1.54) is 17.7 Å². The molecule has 2 N–H and O–H groups in total. The summed E-state index contributed by atoms with van der Waals surface area (Å²) in [6.07, 6.45) is 4.40. The quantitative estimate of drug-likeness (QED) is 0.832. The van der Waals surface area contributed by atoms with E-state index in [1.54, 1.807) is 11.8 Å². The summed E-state index contributed by atoms with van der Waals surface area (Å²) < 4.78 is 0. The maximum atomic E-state index is 12.3. The average Bonchev–Trinajstić information content (AvgIpc) is 2.90. The molecule has 2 fully saturated rings. The highest BCUT2D eigenvalue weighted by molar-refractivity contribution is 8.00. The third-order valence-electron chi connectivity index (χ3n) is 3.72. The number of amides is 2. The molecule has 0 aromatic rings. The van der Waals surface area contributed by atoms with E-state index in [9.17, 15) is 14.7 Å². The van der Waals surface area contributed by atoms with Crippen molar-refractivity contribution in [3.05, 3.63) is 0 Å². The van der Waals surface area contributed by atoms with Gasteiger partial charge in [0.25, 0.3) is 0 Å². The van der Waals surface area contributed by atoms with Gasteiger partial charge in [-0.1, -0.05) is 13.3 Å². The molecule has 2 amide bonds. The van der Waals surface area contributed by atoms with Crippen molar-refractivity contribution in [2.24, 2.45) is 0 Å². The van der Waals surface area contributed by atoms with Crippen LogP contribution in [0.4, 0.5) is 4.79 Å². The first-order valence-electron chi connectivity index (χ1n) is 7.15. The van der Waals surface area contributed by atoms with Crippen molar-refractivity contribution in [3.8, 4) is 0 Å². The van der Waals surface area contributed by atoms with E-state index >= 15 is 0 Å². The zero-order chi connectivity index (χ0) is 14.5. The van der Waals surface area contributed by atoms with Crippen LogP contribution in [-0.4, -0.2) is 56.7 Å². The van der Waals surface area contributed by atoms with Gasteiger partial charge in [0.05, 0.1) is 5.37 Å². The van der Waals surface area contributed by atoms with Gasteiger partial charge in [-0.05, 0) is 25.0 Å². The molecule has 0 bridgehead atoms. The van der Waals surface area contributed by atoms with Crippen molar-refractivity contribution in [1.82, 2.24) is 10.2 Å². The van der Waals surface area contributed by atoms with Crippen LogP contribution in [0.25, 0.3) is 0 Å². The average molecular weight is 318 g/mol. The van der Waals surface area contributed by atoms with Crippen LogP contribution in [0.3, 0.4) is 0 Å². The Balaban J connectivity index is 1.89. The molecule has 2 heterocycles. The first-order chi connectivity index (χ1) is 9.63. The van der Waals surface area contributed by atoms with Gasteiger partial charge in [-0.25, -0.2) is 9.59 Å². The predicted octanol–water partition coefficient (Wildman–Crippen LogP) is 2.22. The molecule has 0 aliphatic carbocycles. The van der Waals surface area contributed by atoms with E-state index in [1.807, 2.05) is 18.7 Å². The zero-order valence-corrected chi connectivity index (χ0v) is 13.3. The molecule has 0 aromatic carbocycles. The molecule has 0 radical (unpaired) electrons. The molecule has 0 saturated carbocycles. The molecule has 0 aromatic heterocycles. The Morgan fingerprint density at radius 3 is 2.75 bits per heavy atom. The normalized spacial score (nSPS) is 30.2. The topological polar surface area (TPSA) is 69.6 Å². The molecule has 3 atom stereocenters. The van der Waals surface area contributed by atoms with E-state index in [4.69, 9.17) is 0 Å². The lowest BCUT2D eigenvalue weighted by Gasteiger charge is -2.28. The number of nitrogens with one attached hydrogen (secondary N) is 1. The highest BCUT2D eigenvalue weighted by Gasteiger charge is 2.40. The Kier molecular flexibility index (Phi) is 5.89. The standard InChI is InChI=1S/C13H22N2O3S2/c1-2-11-15(10(8-20-11)12(16)17)13(18)14-7-9-5-3-4-6-19-9/h9-11H,2-8H2,1H3,(H,14,18)(H,16,17). The third-order valence-corrected chi connectivity index (χ3v) is 6.57. The van der Waals surface area contributed by atoms with E-state index in [-0.39, 0.29) is 11.4 Å². The Morgan fingerprint density at radius 1 is 1.35 bits per heavy atom. The van der Waals surface area contributed by atoms with Crippen LogP contribution in [0, 0.1) is 0 Å².